The van der Waals surface area contributed by atoms with Gasteiger partial charge in [-0.15, -0.1) is 24.0 Å². The van der Waals surface area contributed by atoms with Crippen molar-refractivity contribution in [3.05, 3.63) is 0 Å². The first-order valence-corrected chi connectivity index (χ1v) is 10.0. The third-order valence-corrected chi connectivity index (χ3v) is 4.89. The smallest absolute Gasteiger partial charge is 0.220 e. The van der Waals surface area contributed by atoms with Gasteiger partial charge in [-0.1, -0.05) is 13.8 Å². The molecule has 0 bridgehead atoms. The number of amides is 1. The summed E-state index contributed by atoms with van der Waals surface area (Å²) < 4.78 is 0. The molecule has 1 rings (SSSR count). The van der Waals surface area contributed by atoms with Crippen LogP contribution in [-0.4, -0.2) is 75.0 Å². The Morgan fingerprint density at radius 1 is 1.15 bits per heavy atom. The van der Waals surface area contributed by atoms with Gasteiger partial charge in [-0.25, -0.2) is 0 Å². The van der Waals surface area contributed by atoms with Crippen molar-refractivity contribution in [2.75, 3.05) is 53.4 Å². The monoisotopic (exact) mass is 481 g/mol. The Morgan fingerprint density at radius 2 is 1.77 bits per heavy atom. The Balaban J connectivity index is 0.00000625. The molecule has 0 aromatic rings. The Labute approximate surface area is 177 Å². The number of guanidine groups is 1. The summed E-state index contributed by atoms with van der Waals surface area (Å²) in [5.74, 6) is 1.67. The Kier molecular flexibility index (Phi) is 15.1. The number of nitrogens with zero attached hydrogens (tertiary/aromatic N) is 3. The summed E-state index contributed by atoms with van der Waals surface area (Å²) in [4.78, 5) is 20.8. The molecule has 1 aliphatic heterocycles. The van der Waals surface area contributed by atoms with Crippen LogP contribution in [0.15, 0.2) is 4.99 Å². The Hall–Kier alpha value is -0.570. The first-order valence-electron chi connectivity index (χ1n) is 10.0. The second kappa shape index (κ2) is 15.5. The average molecular weight is 481 g/mol. The molecular formula is C19H40IN5O. The molecule has 0 radical (unpaired) electrons. The van der Waals surface area contributed by atoms with Crippen LogP contribution in [0.1, 0.15) is 52.4 Å². The quantitative estimate of drug-likeness (QED) is 0.218. The molecule has 0 aromatic heterocycles. The molecule has 0 atom stereocenters. The van der Waals surface area contributed by atoms with Gasteiger partial charge in [0, 0.05) is 40.2 Å². The van der Waals surface area contributed by atoms with Gasteiger partial charge >= 0.3 is 0 Å². The topological polar surface area (TPSA) is 60.0 Å². The molecule has 2 N–H and O–H groups in total. The summed E-state index contributed by atoms with van der Waals surface area (Å²) in [5.41, 5.74) is 0. The largest absolute Gasteiger partial charge is 0.359 e. The fourth-order valence-corrected chi connectivity index (χ4v) is 3.52. The van der Waals surface area contributed by atoms with Crippen LogP contribution in [0.4, 0.5) is 0 Å². The molecular weight excluding hydrogens is 441 g/mol. The van der Waals surface area contributed by atoms with E-state index in [9.17, 15) is 4.79 Å². The predicted molar refractivity (Wildman–Crippen MR) is 121 cm³/mol. The van der Waals surface area contributed by atoms with E-state index in [0.717, 1.165) is 51.4 Å². The molecule has 6 nitrogen and oxygen atoms in total. The molecule has 0 aromatic carbocycles. The van der Waals surface area contributed by atoms with Crippen LogP contribution < -0.4 is 10.6 Å². The van der Waals surface area contributed by atoms with Gasteiger partial charge in [0.25, 0.3) is 0 Å². The second-order valence-corrected chi connectivity index (χ2v) is 6.98. The van der Waals surface area contributed by atoms with Crippen molar-refractivity contribution in [3.8, 4) is 0 Å². The van der Waals surface area contributed by atoms with Gasteiger partial charge in [0.05, 0.1) is 0 Å². The molecule has 0 unspecified atom stereocenters. The highest BCUT2D eigenvalue weighted by atomic mass is 127. The number of likely N-dealkylation sites (tertiary alicyclic amines) is 1. The van der Waals surface area contributed by atoms with Gasteiger partial charge < -0.3 is 20.4 Å². The van der Waals surface area contributed by atoms with Gasteiger partial charge in [0.15, 0.2) is 5.96 Å². The van der Waals surface area contributed by atoms with Crippen molar-refractivity contribution < 1.29 is 4.79 Å². The number of nitrogens with one attached hydrogen (secondary N) is 2. The van der Waals surface area contributed by atoms with Crippen LogP contribution in [0, 0.1) is 5.92 Å². The minimum atomic E-state index is 0. The van der Waals surface area contributed by atoms with Crippen molar-refractivity contribution in [1.82, 2.24) is 20.4 Å². The van der Waals surface area contributed by atoms with Crippen LogP contribution in [0.2, 0.25) is 0 Å². The Bertz CT molecular complexity index is 391. The molecule has 1 fully saturated rings. The van der Waals surface area contributed by atoms with Crippen LogP contribution >= 0.6 is 24.0 Å². The molecule has 7 heteroatoms. The highest BCUT2D eigenvalue weighted by Gasteiger charge is 2.22. The van der Waals surface area contributed by atoms with Crippen molar-refractivity contribution in [2.24, 2.45) is 10.9 Å². The summed E-state index contributed by atoms with van der Waals surface area (Å²) in [5, 5.41) is 6.24. The minimum Gasteiger partial charge on any atom is -0.359 e. The summed E-state index contributed by atoms with van der Waals surface area (Å²) in [7, 11) is 3.57. The zero-order valence-corrected chi connectivity index (χ0v) is 19.6. The van der Waals surface area contributed by atoms with Crippen LogP contribution in [0.3, 0.4) is 0 Å². The van der Waals surface area contributed by atoms with E-state index in [1.54, 1.807) is 7.05 Å². The maximum absolute atomic E-state index is 11.5. The normalized spacial score (nSPS) is 15.7. The highest BCUT2D eigenvalue weighted by molar-refractivity contribution is 14.0. The van der Waals surface area contributed by atoms with E-state index in [2.05, 4.69) is 39.3 Å². The third kappa shape index (κ3) is 9.94. The van der Waals surface area contributed by atoms with Crippen LogP contribution in [0.25, 0.3) is 0 Å². The fourth-order valence-electron chi connectivity index (χ4n) is 3.52. The summed E-state index contributed by atoms with van der Waals surface area (Å²) in [6.07, 6.45) is 6.37. The second-order valence-electron chi connectivity index (χ2n) is 6.98. The number of aliphatic imine (C=N–C) groups is 1. The van der Waals surface area contributed by atoms with Gasteiger partial charge in [-0.2, -0.15) is 0 Å². The molecule has 26 heavy (non-hydrogen) atoms. The molecule has 154 valence electrons. The number of hydrogen-bond acceptors (Lipinski definition) is 3. The lowest BCUT2D eigenvalue weighted by Crippen LogP contribution is -2.46. The first-order chi connectivity index (χ1) is 12.1. The molecule has 1 heterocycles. The van der Waals surface area contributed by atoms with Gasteiger partial charge in [-0.3, -0.25) is 9.79 Å². The van der Waals surface area contributed by atoms with E-state index in [1.165, 1.54) is 25.9 Å². The lowest BCUT2D eigenvalue weighted by Gasteiger charge is -2.34. The summed E-state index contributed by atoms with van der Waals surface area (Å²) in [6.45, 7) is 11.0. The molecule has 0 spiro atoms. The van der Waals surface area contributed by atoms with Crippen molar-refractivity contribution in [3.63, 3.8) is 0 Å². The van der Waals surface area contributed by atoms with Crippen molar-refractivity contribution >= 4 is 35.8 Å². The average Bonchev–Trinajstić information content (AvgIpc) is 2.63. The standard InChI is InChI=1S/C19H39N5O.HI/c1-5-11-23(12-6-2)13-7-10-22-19(21-4)24-14-8-17(9-15-24)16-18(25)20-3;/h17H,5-16H2,1-4H3,(H,20,25)(H,21,22);1H. The molecule has 0 saturated carbocycles. The van der Waals surface area contributed by atoms with Gasteiger partial charge in [0.2, 0.25) is 5.91 Å². The van der Waals surface area contributed by atoms with E-state index in [1.807, 2.05) is 7.05 Å². The van der Waals surface area contributed by atoms with Gasteiger partial charge in [0.1, 0.15) is 0 Å². The van der Waals surface area contributed by atoms with E-state index in [-0.39, 0.29) is 29.9 Å². The first kappa shape index (κ1) is 25.4. The molecule has 0 aliphatic carbocycles. The zero-order valence-electron chi connectivity index (χ0n) is 17.2. The highest BCUT2D eigenvalue weighted by Crippen LogP contribution is 2.20. The van der Waals surface area contributed by atoms with E-state index in [4.69, 9.17) is 0 Å². The van der Waals surface area contributed by atoms with E-state index < -0.39 is 0 Å². The number of halogens is 1. The van der Waals surface area contributed by atoms with Gasteiger partial charge in [-0.05, 0) is 57.7 Å². The maximum Gasteiger partial charge on any atom is 0.220 e. The van der Waals surface area contributed by atoms with Crippen LogP contribution in [0.5, 0.6) is 0 Å². The molecule has 1 amide bonds. The third-order valence-electron chi connectivity index (χ3n) is 4.89. The molecule has 1 aliphatic rings. The lowest BCUT2D eigenvalue weighted by atomic mass is 9.93. The number of hydrogen-bond donors (Lipinski definition) is 2. The number of piperidine rings is 1. The van der Waals surface area contributed by atoms with Crippen molar-refractivity contribution in [2.45, 2.75) is 52.4 Å². The lowest BCUT2D eigenvalue weighted by molar-refractivity contribution is -0.121. The minimum absolute atomic E-state index is 0. The summed E-state index contributed by atoms with van der Waals surface area (Å²) in [6, 6.07) is 0. The fraction of sp³-hybridized carbons (Fsp3) is 0.895. The molecule has 1 saturated heterocycles. The number of rotatable bonds is 10. The zero-order chi connectivity index (χ0) is 18.5. The number of carbonyl (C=O) groups excluding carboxylic acids is 1. The van der Waals surface area contributed by atoms with Crippen LogP contribution in [-0.2, 0) is 4.79 Å². The van der Waals surface area contributed by atoms with E-state index in [0.29, 0.717) is 12.3 Å². The predicted octanol–water partition coefficient (Wildman–Crippen LogP) is 2.54. The summed E-state index contributed by atoms with van der Waals surface area (Å²) >= 11 is 0. The number of carbonyl (C=O) groups is 1. The van der Waals surface area contributed by atoms with E-state index >= 15 is 0 Å². The SMILES string of the molecule is CCCN(CCC)CCCNC(=NC)N1CCC(CC(=O)NC)CC1.I. The maximum atomic E-state index is 11.5. The Morgan fingerprint density at radius 3 is 2.27 bits per heavy atom. The van der Waals surface area contributed by atoms with Crippen molar-refractivity contribution in [1.29, 1.82) is 0 Å².